The van der Waals surface area contributed by atoms with E-state index in [1.807, 2.05) is 6.92 Å². The molecule has 0 amide bonds. The Kier molecular flexibility index (Phi) is 7.29. The molecule has 0 saturated heterocycles. The van der Waals surface area contributed by atoms with Gasteiger partial charge in [0.15, 0.2) is 5.78 Å². The molecule has 1 unspecified atom stereocenters. The normalized spacial score (nSPS) is 12.4. The van der Waals surface area contributed by atoms with Crippen LogP contribution in [0.5, 0.6) is 0 Å². The Morgan fingerprint density at radius 2 is 1.22 bits per heavy atom. The van der Waals surface area contributed by atoms with E-state index in [0.29, 0.717) is 29.3 Å². The lowest BCUT2D eigenvalue weighted by molar-refractivity contribution is -0.143. The highest BCUT2D eigenvalue weighted by Crippen LogP contribution is 2.41. The molecule has 0 aliphatic rings. The van der Waals surface area contributed by atoms with Gasteiger partial charge in [0.1, 0.15) is 0 Å². The number of benzene rings is 3. The summed E-state index contributed by atoms with van der Waals surface area (Å²) >= 11 is 0. The zero-order valence-electron chi connectivity index (χ0n) is 19.6. The summed E-state index contributed by atoms with van der Waals surface area (Å²) in [7, 11) is -3.06. The van der Waals surface area contributed by atoms with Crippen LogP contribution in [-0.2, 0) is 16.9 Å². The average molecular weight is 525 g/mol. The Labute approximate surface area is 203 Å². The summed E-state index contributed by atoms with van der Waals surface area (Å²) in [6, 6.07) is 7.59. The molecule has 0 saturated carbocycles. The van der Waals surface area contributed by atoms with Crippen molar-refractivity contribution in [1.82, 2.24) is 0 Å². The second-order valence-electron chi connectivity index (χ2n) is 8.30. The van der Waals surface area contributed by atoms with Crippen LogP contribution in [0.3, 0.4) is 0 Å². The molecule has 0 N–H and O–H groups in total. The lowest BCUT2D eigenvalue weighted by Crippen LogP contribution is -2.24. The summed E-state index contributed by atoms with van der Waals surface area (Å²) in [4.78, 5) is 26.5. The first-order chi connectivity index (χ1) is 16.6. The minimum atomic E-state index is -5.27. The van der Waals surface area contributed by atoms with Crippen LogP contribution in [0.15, 0.2) is 48.5 Å². The van der Waals surface area contributed by atoms with Crippen molar-refractivity contribution in [3.8, 4) is 0 Å². The molecule has 0 heterocycles. The molecule has 0 aliphatic carbocycles. The average Bonchev–Trinajstić information content (AvgIpc) is 2.80. The molecule has 36 heavy (non-hydrogen) atoms. The maximum atomic E-state index is 13.6. The Hall–Kier alpha value is -3.32. The van der Waals surface area contributed by atoms with Crippen molar-refractivity contribution < 1.29 is 40.5 Å². The van der Waals surface area contributed by atoms with Gasteiger partial charge in [-0.3, -0.25) is 4.79 Å². The van der Waals surface area contributed by atoms with Crippen molar-refractivity contribution >= 4 is 24.4 Å². The molecular formula is C26H20F6O3P+. The van der Waals surface area contributed by atoms with Gasteiger partial charge in [0.25, 0.3) is 0 Å². The monoisotopic (exact) mass is 525 g/mol. The van der Waals surface area contributed by atoms with Crippen LogP contribution in [0.2, 0.25) is 0 Å². The second kappa shape index (κ2) is 9.62. The van der Waals surface area contributed by atoms with Gasteiger partial charge in [0.05, 0.1) is 22.3 Å². The van der Waals surface area contributed by atoms with E-state index in [4.69, 9.17) is 0 Å². The summed E-state index contributed by atoms with van der Waals surface area (Å²) in [6.07, 6.45) is -10.5. The number of carbonyl (C=O) groups excluding carboxylic acids is 2. The predicted octanol–water partition coefficient (Wildman–Crippen LogP) is 7.48. The third-order valence-electron chi connectivity index (χ3n) is 6.02. The number of carbonyl (C=O) groups is 2. The molecular weight excluding hydrogens is 505 g/mol. The van der Waals surface area contributed by atoms with E-state index in [9.17, 15) is 40.5 Å². The van der Waals surface area contributed by atoms with Crippen molar-refractivity contribution in [2.24, 2.45) is 0 Å². The standard InChI is InChI=1S/C26H20F6O3P/c1-13-12-14(2)21(16(4)15(13)3)24(34)36(35)20-11-6-5-8-17(20)23(33)22-18(25(27,28)29)9-7-10-19(22)26(30,31)32/h5-12H,1-4H3/q+1. The number of halogens is 6. The topological polar surface area (TPSA) is 51.2 Å². The first-order valence-corrected chi connectivity index (χ1v) is 11.8. The summed E-state index contributed by atoms with van der Waals surface area (Å²) in [5, 5.41) is -0.440. The highest BCUT2D eigenvalue weighted by Gasteiger charge is 2.45. The second-order valence-corrected chi connectivity index (χ2v) is 9.78. The van der Waals surface area contributed by atoms with Gasteiger partial charge in [0.2, 0.25) is 5.30 Å². The van der Waals surface area contributed by atoms with E-state index in [0.717, 1.165) is 23.3 Å². The zero-order chi connectivity index (χ0) is 27.2. The number of alkyl halides is 6. The molecule has 1 atom stereocenters. The first kappa shape index (κ1) is 27.3. The van der Waals surface area contributed by atoms with Crippen LogP contribution in [0.1, 0.15) is 59.7 Å². The fourth-order valence-electron chi connectivity index (χ4n) is 4.07. The minimum absolute atomic E-state index is 0.133. The van der Waals surface area contributed by atoms with Crippen LogP contribution < -0.4 is 5.30 Å². The molecule has 0 bridgehead atoms. The van der Waals surface area contributed by atoms with Crippen molar-refractivity contribution in [3.63, 3.8) is 0 Å². The Balaban J connectivity index is 2.22. The van der Waals surface area contributed by atoms with Gasteiger partial charge < -0.3 is 0 Å². The number of hydrogen-bond donors (Lipinski definition) is 0. The van der Waals surface area contributed by atoms with E-state index in [-0.39, 0.29) is 5.56 Å². The van der Waals surface area contributed by atoms with Crippen molar-refractivity contribution in [2.75, 3.05) is 0 Å². The SMILES string of the molecule is Cc1cc(C)c(C(=O)[P+](=O)c2ccccc2C(=O)c2c(C(F)(F)F)cccc2C(F)(F)F)c(C)c1C. The quantitative estimate of drug-likeness (QED) is 0.197. The van der Waals surface area contributed by atoms with Crippen LogP contribution in [-0.4, -0.2) is 11.3 Å². The van der Waals surface area contributed by atoms with E-state index < -0.39 is 59.0 Å². The lowest BCUT2D eigenvalue weighted by atomic mass is 9.92. The van der Waals surface area contributed by atoms with Gasteiger partial charge in [-0.05, 0) is 74.2 Å². The Bertz CT molecular complexity index is 1370. The Morgan fingerprint density at radius 3 is 1.75 bits per heavy atom. The molecule has 3 rings (SSSR count). The molecule has 0 spiro atoms. The number of hydrogen-bond acceptors (Lipinski definition) is 3. The van der Waals surface area contributed by atoms with Gasteiger partial charge in [-0.15, -0.1) is 0 Å². The van der Waals surface area contributed by atoms with Gasteiger partial charge in [-0.2, -0.15) is 26.3 Å². The molecule has 3 nitrogen and oxygen atoms in total. The van der Waals surface area contributed by atoms with Crippen molar-refractivity contribution in [2.45, 2.75) is 40.0 Å². The van der Waals surface area contributed by atoms with Crippen LogP contribution in [0.4, 0.5) is 26.3 Å². The van der Waals surface area contributed by atoms with Gasteiger partial charge >= 0.3 is 25.7 Å². The number of rotatable bonds is 5. The predicted molar refractivity (Wildman–Crippen MR) is 123 cm³/mol. The highest BCUT2D eigenvalue weighted by molar-refractivity contribution is 7.71. The Morgan fingerprint density at radius 1 is 0.694 bits per heavy atom. The zero-order valence-corrected chi connectivity index (χ0v) is 20.5. The molecule has 0 aliphatic heterocycles. The van der Waals surface area contributed by atoms with E-state index >= 15 is 0 Å². The minimum Gasteiger partial charge on any atom is -0.288 e. The van der Waals surface area contributed by atoms with Gasteiger partial charge in [-0.1, -0.05) is 28.8 Å². The third kappa shape index (κ3) is 4.98. The summed E-state index contributed by atoms with van der Waals surface area (Å²) < 4.78 is 95.1. The molecule has 0 radical (unpaired) electrons. The lowest BCUT2D eigenvalue weighted by Gasteiger charge is -2.18. The van der Waals surface area contributed by atoms with Crippen LogP contribution in [0.25, 0.3) is 0 Å². The molecule has 0 fully saturated rings. The van der Waals surface area contributed by atoms with E-state index in [2.05, 4.69) is 0 Å². The van der Waals surface area contributed by atoms with Gasteiger partial charge in [-0.25, -0.2) is 4.79 Å². The summed E-state index contributed by atoms with van der Waals surface area (Å²) in [5.41, 5.74) is -3.87. The fraction of sp³-hybridized carbons (Fsp3) is 0.231. The molecule has 10 heteroatoms. The molecule has 3 aromatic rings. The highest BCUT2D eigenvalue weighted by atomic mass is 31.1. The third-order valence-corrected chi connectivity index (χ3v) is 7.44. The van der Waals surface area contributed by atoms with Gasteiger partial charge in [0, 0.05) is 5.56 Å². The van der Waals surface area contributed by atoms with Crippen molar-refractivity contribution in [3.05, 3.63) is 98.6 Å². The van der Waals surface area contributed by atoms with Crippen LogP contribution in [0, 0.1) is 27.7 Å². The van der Waals surface area contributed by atoms with Crippen molar-refractivity contribution in [1.29, 1.82) is 0 Å². The maximum absolute atomic E-state index is 13.6. The largest absolute Gasteiger partial charge is 0.459 e. The number of aryl methyl sites for hydroxylation is 2. The smallest absolute Gasteiger partial charge is 0.288 e. The summed E-state index contributed by atoms with van der Waals surface area (Å²) in [5.74, 6) is -1.63. The fourth-order valence-corrected chi connectivity index (χ4v) is 5.45. The number of ketones is 1. The van der Waals surface area contributed by atoms with Crippen LogP contribution >= 0.6 is 7.80 Å². The molecule has 188 valence electrons. The molecule has 3 aromatic carbocycles. The summed E-state index contributed by atoms with van der Waals surface area (Å²) in [6.45, 7) is 6.87. The van der Waals surface area contributed by atoms with E-state index in [1.54, 1.807) is 26.8 Å². The maximum Gasteiger partial charge on any atom is 0.459 e. The molecule has 0 aromatic heterocycles. The van der Waals surface area contributed by atoms with E-state index in [1.165, 1.54) is 12.1 Å². The first-order valence-electron chi connectivity index (χ1n) is 10.6.